The Morgan fingerprint density at radius 1 is 1.33 bits per heavy atom. The number of ether oxygens (including phenoxy) is 1. The molecule has 0 spiro atoms. The molecule has 0 radical (unpaired) electrons. The largest absolute Gasteiger partial charge is 0.452 e. The predicted octanol–water partition coefficient (Wildman–Crippen LogP) is 2.46. The molecule has 8 nitrogen and oxygen atoms in total. The number of amides is 1. The van der Waals surface area contributed by atoms with Gasteiger partial charge in [-0.1, -0.05) is 13.8 Å². The Kier molecular flexibility index (Phi) is 5.72. The van der Waals surface area contributed by atoms with Gasteiger partial charge in [0.25, 0.3) is 5.91 Å². The van der Waals surface area contributed by atoms with Crippen LogP contribution in [0.3, 0.4) is 0 Å². The molecule has 1 N–H and O–H groups in total. The number of nitrogens with zero attached hydrogens (tertiary/aromatic N) is 3. The lowest BCUT2D eigenvalue weighted by Gasteiger charge is -2.27. The van der Waals surface area contributed by atoms with Gasteiger partial charge in [0.1, 0.15) is 28.5 Å². The van der Waals surface area contributed by atoms with Crippen molar-refractivity contribution >= 4 is 11.9 Å². The van der Waals surface area contributed by atoms with E-state index in [9.17, 15) is 20.1 Å². The van der Waals surface area contributed by atoms with Crippen LogP contribution in [0.25, 0.3) is 5.88 Å². The van der Waals surface area contributed by atoms with Crippen LogP contribution in [0, 0.1) is 35.5 Å². The van der Waals surface area contributed by atoms with Crippen LogP contribution < -0.4 is 5.32 Å². The van der Waals surface area contributed by atoms with Crippen LogP contribution >= 0.6 is 0 Å². The first-order valence-corrected chi connectivity index (χ1v) is 8.29. The van der Waals surface area contributed by atoms with Gasteiger partial charge in [0, 0.05) is 12.4 Å². The number of rotatable bonds is 6. The number of esters is 1. The van der Waals surface area contributed by atoms with E-state index in [0.717, 1.165) is 0 Å². The average molecular weight is 368 g/mol. The molecule has 0 aliphatic carbocycles. The highest BCUT2D eigenvalue weighted by molar-refractivity contribution is 5.95. The van der Waals surface area contributed by atoms with Gasteiger partial charge in [-0.25, -0.2) is 4.79 Å². The van der Waals surface area contributed by atoms with Crippen molar-refractivity contribution < 1.29 is 18.7 Å². The van der Waals surface area contributed by atoms with Crippen molar-refractivity contribution in [3.8, 4) is 18.0 Å². The fourth-order valence-electron chi connectivity index (χ4n) is 2.36. The fraction of sp³-hybridized carbons (Fsp3) is 0.368. The highest BCUT2D eigenvalue weighted by Gasteiger charge is 2.31. The summed E-state index contributed by atoms with van der Waals surface area (Å²) in [7, 11) is 0. The lowest BCUT2D eigenvalue weighted by Crippen LogP contribution is -2.50. The summed E-state index contributed by atoms with van der Waals surface area (Å²) in [6, 6.07) is 7.49. The molecule has 0 aliphatic rings. The maximum Gasteiger partial charge on any atom is 0.343 e. The van der Waals surface area contributed by atoms with Gasteiger partial charge in [-0.2, -0.15) is 10.5 Å². The van der Waals surface area contributed by atoms with E-state index in [0.29, 0.717) is 0 Å². The monoisotopic (exact) mass is 368 g/mol. The third-order valence-corrected chi connectivity index (χ3v) is 4.34. The van der Waals surface area contributed by atoms with E-state index in [1.54, 1.807) is 49.9 Å². The molecule has 1 atom stereocenters. The fourth-order valence-corrected chi connectivity index (χ4v) is 2.36. The van der Waals surface area contributed by atoms with Gasteiger partial charge in [-0.3, -0.25) is 9.36 Å². The second-order valence-corrected chi connectivity index (χ2v) is 6.51. The summed E-state index contributed by atoms with van der Waals surface area (Å²) in [5.74, 6) is -1.17. The molecular weight excluding hydrogens is 348 g/mol. The van der Waals surface area contributed by atoms with E-state index >= 15 is 0 Å². The van der Waals surface area contributed by atoms with Gasteiger partial charge in [-0.15, -0.1) is 0 Å². The van der Waals surface area contributed by atoms with Crippen molar-refractivity contribution in [3.05, 3.63) is 41.4 Å². The molecule has 0 saturated carbocycles. The van der Waals surface area contributed by atoms with E-state index in [1.807, 2.05) is 12.1 Å². The summed E-state index contributed by atoms with van der Waals surface area (Å²) in [5.41, 5.74) is -1.08. The molecular formula is C19H20N4O4. The smallest absolute Gasteiger partial charge is 0.343 e. The molecule has 0 aromatic carbocycles. The first-order chi connectivity index (χ1) is 12.7. The minimum atomic E-state index is -1.07. The van der Waals surface area contributed by atoms with Crippen LogP contribution in [0.1, 0.15) is 42.5 Å². The molecule has 0 aliphatic heterocycles. The van der Waals surface area contributed by atoms with Crippen LogP contribution in [-0.4, -0.2) is 28.6 Å². The minimum Gasteiger partial charge on any atom is -0.452 e. The quantitative estimate of drug-likeness (QED) is 0.782. The molecule has 2 aromatic rings. The van der Waals surface area contributed by atoms with Crippen molar-refractivity contribution in [1.29, 1.82) is 10.5 Å². The van der Waals surface area contributed by atoms with E-state index in [4.69, 9.17) is 9.15 Å². The van der Waals surface area contributed by atoms with Crippen LogP contribution in [0.4, 0.5) is 0 Å². The summed E-state index contributed by atoms with van der Waals surface area (Å²) >= 11 is 0. The van der Waals surface area contributed by atoms with E-state index in [1.165, 1.54) is 6.92 Å². The highest BCUT2D eigenvalue weighted by atomic mass is 16.5. The normalized spacial score (nSPS) is 12.7. The highest BCUT2D eigenvalue weighted by Crippen LogP contribution is 2.26. The van der Waals surface area contributed by atoms with Gasteiger partial charge >= 0.3 is 5.97 Å². The van der Waals surface area contributed by atoms with E-state index in [-0.39, 0.29) is 28.7 Å². The Morgan fingerprint density at radius 2 is 1.96 bits per heavy atom. The van der Waals surface area contributed by atoms with Gasteiger partial charge in [0.2, 0.25) is 5.88 Å². The second kappa shape index (κ2) is 7.79. The van der Waals surface area contributed by atoms with Gasteiger partial charge < -0.3 is 14.5 Å². The van der Waals surface area contributed by atoms with Crippen molar-refractivity contribution in [2.24, 2.45) is 5.92 Å². The number of carbonyl (C=O) groups is 2. The maximum atomic E-state index is 12.4. The lowest BCUT2D eigenvalue weighted by atomic mass is 9.90. The third kappa shape index (κ3) is 4.01. The summed E-state index contributed by atoms with van der Waals surface area (Å²) in [4.78, 5) is 24.5. The molecule has 0 unspecified atom stereocenters. The van der Waals surface area contributed by atoms with Crippen LogP contribution in [0.2, 0.25) is 0 Å². The molecule has 2 aromatic heterocycles. The van der Waals surface area contributed by atoms with Crippen LogP contribution in [0.15, 0.2) is 28.9 Å². The first-order valence-electron chi connectivity index (χ1n) is 8.29. The molecule has 27 heavy (non-hydrogen) atoms. The molecule has 2 rings (SSSR count). The number of aromatic nitrogens is 1. The standard InChI is InChI=1S/C19H20N4O4/c1-12(2)19(4,11-21)22-15(24)10-26-18(25)16-13(3)27-17(14(16)9-20)23-7-5-6-8-23/h5-8,12H,10H2,1-4H3,(H,22,24)/t19-/m1/s1. The van der Waals surface area contributed by atoms with Gasteiger partial charge in [0.05, 0.1) is 6.07 Å². The van der Waals surface area contributed by atoms with E-state index in [2.05, 4.69) is 5.32 Å². The Morgan fingerprint density at radius 3 is 2.48 bits per heavy atom. The zero-order valence-electron chi connectivity index (χ0n) is 15.6. The van der Waals surface area contributed by atoms with Crippen LogP contribution in [0.5, 0.6) is 0 Å². The Labute approximate surface area is 156 Å². The summed E-state index contributed by atoms with van der Waals surface area (Å²) in [6.45, 7) is 6.15. The van der Waals surface area contributed by atoms with E-state index < -0.39 is 24.0 Å². The molecule has 140 valence electrons. The maximum absolute atomic E-state index is 12.4. The summed E-state index contributed by atoms with van der Waals surface area (Å²) in [6.07, 6.45) is 3.35. The van der Waals surface area contributed by atoms with Gasteiger partial charge in [0.15, 0.2) is 6.61 Å². The third-order valence-electron chi connectivity index (χ3n) is 4.34. The number of carbonyl (C=O) groups excluding carboxylic acids is 2. The zero-order chi connectivity index (χ0) is 20.2. The molecule has 0 fully saturated rings. The lowest BCUT2D eigenvalue weighted by molar-refractivity contribution is -0.125. The van der Waals surface area contributed by atoms with Crippen LogP contribution in [-0.2, 0) is 9.53 Å². The van der Waals surface area contributed by atoms with Crippen molar-refractivity contribution in [2.45, 2.75) is 33.2 Å². The molecule has 1 amide bonds. The Balaban J connectivity index is 2.15. The van der Waals surface area contributed by atoms with Crippen molar-refractivity contribution in [2.75, 3.05) is 6.61 Å². The minimum absolute atomic E-state index is 0.0261. The Bertz CT molecular complexity index is 928. The number of nitriles is 2. The SMILES string of the molecule is Cc1oc(-n2cccc2)c(C#N)c1C(=O)OCC(=O)N[C@](C)(C#N)C(C)C. The molecule has 2 heterocycles. The molecule has 0 saturated heterocycles. The van der Waals surface area contributed by atoms with Crippen molar-refractivity contribution in [3.63, 3.8) is 0 Å². The molecule has 8 heteroatoms. The number of aryl methyl sites for hydroxylation is 1. The van der Waals surface area contributed by atoms with Gasteiger partial charge in [-0.05, 0) is 31.9 Å². The number of hydrogen-bond acceptors (Lipinski definition) is 6. The topological polar surface area (TPSA) is 121 Å². The van der Waals surface area contributed by atoms with Crippen molar-refractivity contribution in [1.82, 2.24) is 9.88 Å². The summed E-state index contributed by atoms with van der Waals surface area (Å²) < 4.78 is 12.1. The second-order valence-electron chi connectivity index (χ2n) is 6.51. The average Bonchev–Trinajstić information content (AvgIpc) is 3.26. The number of furan rings is 1. The summed E-state index contributed by atoms with van der Waals surface area (Å²) in [5, 5.41) is 21.2. The number of nitrogens with one attached hydrogen (secondary N) is 1. The first kappa shape index (κ1) is 19.8. The Hall–Kier alpha value is -3.52. The zero-order valence-corrected chi connectivity index (χ0v) is 15.6. The predicted molar refractivity (Wildman–Crippen MR) is 94.8 cm³/mol. The number of hydrogen-bond donors (Lipinski definition) is 1. The molecule has 0 bridgehead atoms.